The Balaban J connectivity index is 2.01. The Bertz CT molecular complexity index is 426. The van der Waals surface area contributed by atoms with Crippen molar-refractivity contribution in [2.75, 3.05) is 0 Å². The van der Waals surface area contributed by atoms with Crippen molar-refractivity contribution in [3.63, 3.8) is 0 Å². The van der Waals surface area contributed by atoms with Crippen LogP contribution in [-0.2, 0) is 0 Å². The highest BCUT2D eigenvalue weighted by Gasteiger charge is 2.25. The van der Waals surface area contributed by atoms with Crippen LogP contribution in [0.25, 0.3) is 0 Å². The Morgan fingerprint density at radius 2 is 2.00 bits per heavy atom. The van der Waals surface area contributed by atoms with E-state index in [-0.39, 0.29) is 5.91 Å². The van der Waals surface area contributed by atoms with Crippen molar-refractivity contribution in [1.82, 2.24) is 10.3 Å². The molecule has 1 aromatic heterocycles. The summed E-state index contributed by atoms with van der Waals surface area (Å²) in [6.45, 7) is 4.52. The number of carbonyl (C=O) groups is 1. The average Bonchev–Trinajstić information content (AvgIpc) is 2.27. The standard InChI is InChI=1S/C14H19BrN2O/c1-9-6-10(2)8-11(7-9)17-14(18)12-4-3-5-16-13(12)15/h3-5,9-11H,6-8H2,1-2H3,(H,17,18). The van der Waals surface area contributed by atoms with E-state index in [9.17, 15) is 4.79 Å². The van der Waals surface area contributed by atoms with Gasteiger partial charge >= 0.3 is 0 Å². The van der Waals surface area contributed by atoms with E-state index < -0.39 is 0 Å². The molecule has 4 heteroatoms. The molecule has 18 heavy (non-hydrogen) atoms. The van der Waals surface area contributed by atoms with Gasteiger partial charge in [-0.3, -0.25) is 4.79 Å². The van der Waals surface area contributed by atoms with Gasteiger partial charge in [-0.2, -0.15) is 0 Å². The van der Waals surface area contributed by atoms with Gasteiger partial charge < -0.3 is 5.32 Å². The molecule has 0 spiro atoms. The van der Waals surface area contributed by atoms with Crippen LogP contribution in [0.5, 0.6) is 0 Å². The molecule has 0 bridgehead atoms. The van der Waals surface area contributed by atoms with Crippen LogP contribution < -0.4 is 5.32 Å². The summed E-state index contributed by atoms with van der Waals surface area (Å²) in [5, 5.41) is 3.13. The van der Waals surface area contributed by atoms with Crippen LogP contribution in [0.4, 0.5) is 0 Å². The maximum atomic E-state index is 12.2. The molecule has 1 amide bonds. The number of hydrogen-bond donors (Lipinski definition) is 1. The third-order valence-corrected chi connectivity index (χ3v) is 4.15. The van der Waals surface area contributed by atoms with Crippen LogP contribution in [0.15, 0.2) is 22.9 Å². The first kappa shape index (κ1) is 13.5. The highest BCUT2D eigenvalue weighted by molar-refractivity contribution is 9.10. The number of rotatable bonds is 2. The first-order valence-electron chi connectivity index (χ1n) is 6.47. The molecule has 2 rings (SSSR count). The van der Waals surface area contributed by atoms with Gasteiger partial charge in [0.2, 0.25) is 0 Å². The molecule has 1 saturated carbocycles. The van der Waals surface area contributed by atoms with E-state index in [4.69, 9.17) is 0 Å². The summed E-state index contributed by atoms with van der Waals surface area (Å²) in [5.41, 5.74) is 0.614. The van der Waals surface area contributed by atoms with Crippen molar-refractivity contribution in [2.24, 2.45) is 11.8 Å². The minimum Gasteiger partial charge on any atom is -0.349 e. The molecule has 3 nitrogen and oxygen atoms in total. The summed E-state index contributed by atoms with van der Waals surface area (Å²) >= 11 is 3.31. The minimum atomic E-state index is -0.0266. The Morgan fingerprint density at radius 3 is 2.61 bits per heavy atom. The normalized spacial score (nSPS) is 27.8. The molecule has 0 aliphatic heterocycles. The van der Waals surface area contributed by atoms with E-state index in [1.54, 1.807) is 18.3 Å². The maximum absolute atomic E-state index is 12.2. The van der Waals surface area contributed by atoms with Gasteiger partial charge in [-0.1, -0.05) is 13.8 Å². The van der Waals surface area contributed by atoms with Crippen molar-refractivity contribution in [3.8, 4) is 0 Å². The molecular weight excluding hydrogens is 292 g/mol. The van der Waals surface area contributed by atoms with Crippen molar-refractivity contribution in [1.29, 1.82) is 0 Å². The Labute approximate surface area is 117 Å². The maximum Gasteiger partial charge on any atom is 0.254 e. The number of pyridine rings is 1. The number of halogens is 1. The predicted octanol–water partition coefficient (Wildman–Crippen LogP) is 3.40. The fourth-order valence-electron chi connectivity index (χ4n) is 2.88. The minimum absolute atomic E-state index is 0.0266. The highest BCUT2D eigenvalue weighted by Crippen LogP contribution is 2.28. The van der Waals surface area contributed by atoms with E-state index >= 15 is 0 Å². The first-order valence-corrected chi connectivity index (χ1v) is 7.27. The number of aromatic nitrogens is 1. The summed E-state index contributed by atoms with van der Waals surface area (Å²) in [4.78, 5) is 16.2. The zero-order valence-corrected chi connectivity index (χ0v) is 12.4. The lowest BCUT2D eigenvalue weighted by atomic mass is 9.80. The Hall–Kier alpha value is -0.900. The second-order valence-electron chi connectivity index (χ2n) is 5.43. The Morgan fingerprint density at radius 1 is 1.33 bits per heavy atom. The van der Waals surface area contributed by atoms with Crippen LogP contribution in [0.1, 0.15) is 43.5 Å². The van der Waals surface area contributed by atoms with Gasteiger partial charge in [0, 0.05) is 12.2 Å². The van der Waals surface area contributed by atoms with Gasteiger partial charge in [0.15, 0.2) is 0 Å². The monoisotopic (exact) mass is 310 g/mol. The fourth-order valence-corrected chi connectivity index (χ4v) is 3.31. The third kappa shape index (κ3) is 3.31. The molecule has 98 valence electrons. The SMILES string of the molecule is CC1CC(C)CC(NC(=O)c2cccnc2Br)C1. The predicted molar refractivity (Wildman–Crippen MR) is 75.4 cm³/mol. The van der Waals surface area contributed by atoms with Crippen LogP contribution in [0.3, 0.4) is 0 Å². The molecule has 1 N–H and O–H groups in total. The highest BCUT2D eigenvalue weighted by atomic mass is 79.9. The van der Waals surface area contributed by atoms with Crippen LogP contribution >= 0.6 is 15.9 Å². The van der Waals surface area contributed by atoms with Crippen LogP contribution in [0, 0.1) is 11.8 Å². The molecule has 0 radical (unpaired) electrons. The summed E-state index contributed by atoms with van der Waals surface area (Å²) in [7, 11) is 0. The Kier molecular flexibility index (Phi) is 4.38. The van der Waals surface area contributed by atoms with Crippen molar-refractivity contribution < 1.29 is 4.79 Å². The molecule has 1 fully saturated rings. The molecule has 1 aliphatic rings. The topological polar surface area (TPSA) is 42.0 Å². The van der Waals surface area contributed by atoms with Gasteiger partial charge in [0.05, 0.1) is 5.56 Å². The van der Waals surface area contributed by atoms with Crippen LogP contribution in [0.2, 0.25) is 0 Å². The van der Waals surface area contributed by atoms with E-state index in [1.807, 2.05) is 0 Å². The van der Waals surface area contributed by atoms with E-state index in [0.29, 0.717) is 28.0 Å². The summed E-state index contributed by atoms with van der Waals surface area (Å²) in [6, 6.07) is 3.87. The van der Waals surface area contributed by atoms with Crippen molar-refractivity contribution in [2.45, 2.75) is 39.2 Å². The lowest BCUT2D eigenvalue weighted by molar-refractivity contribution is 0.0910. The molecular formula is C14H19BrN2O. The van der Waals surface area contributed by atoms with E-state index in [2.05, 4.69) is 40.1 Å². The quantitative estimate of drug-likeness (QED) is 0.851. The fraction of sp³-hybridized carbons (Fsp3) is 0.571. The van der Waals surface area contributed by atoms with Gasteiger partial charge in [0.25, 0.3) is 5.91 Å². The second-order valence-corrected chi connectivity index (χ2v) is 6.18. The van der Waals surface area contributed by atoms with Gasteiger partial charge in [0.1, 0.15) is 4.60 Å². The van der Waals surface area contributed by atoms with Gasteiger partial charge in [-0.15, -0.1) is 0 Å². The molecule has 1 aromatic rings. The number of hydrogen-bond acceptors (Lipinski definition) is 2. The molecule has 2 atom stereocenters. The van der Waals surface area contributed by atoms with Crippen LogP contribution in [-0.4, -0.2) is 16.9 Å². The zero-order chi connectivity index (χ0) is 13.1. The number of amides is 1. The van der Waals surface area contributed by atoms with Crippen molar-refractivity contribution in [3.05, 3.63) is 28.5 Å². The first-order chi connectivity index (χ1) is 8.56. The summed E-state index contributed by atoms with van der Waals surface area (Å²) in [5.74, 6) is 1.36. The number of carbonyl (C=O) groups excluding carboxylic acids is 1. The van der Waals surface area contributed by atoms with Gasteiger partial charge in [-0.05, 0) is 59.2 Å². The van der Waals surface area contributed by atoms with Gasteiger partial charge in [-0.25, -0.2) is 4.98 Å². The molecule has 2 unspecified atom stereocenters. The van der Waals surface area contributed by atoms with E-state index in [1.165, 1.54) is 6.42 Å². The van der Waals surface area contributed by atoms with E-state index in [0.717, 1.165) is 12.8 Å². The smallest absolute Gasteiger partial charge is 0.254 e. The third-order valence-electron chi connectivity index (χ3n) is 3.52. The van der Waals surface area contributed by atoms with Crippen molar-refractivity contribution >= 4 is 21.8 Å². The summed E-state index contributed by atoms with van der Waals surface area (Å²) < 4.78 is 0.611. The molecule has 0 aromatic carbocycles. The average molecular weight is 311 g/mol. The molecule has 1 heterocycles. The number of nitrogens with zero attached hydrogens (tertiary/aromatic N) is 1. The largest absolute Gasteiger partial charge is 0.349 e. The lowest BCUT2D eigenvalue weighted by Gasteiger charge is -2.32. The molecule has 1 aliphatic carbocycles. The molecule has 0 saturated heterocycles. The number of nitrogens with one attached hydrogen (secondary N) is 1. The second kappa shape index (κ2) is 5.83. The summed E-state index contributed by atoms with van der Waals surface area (Å²) in [6.07, 6.45) is 5.09. The zero-order valence-electron chi connectivity index (χ0n) is 10.8. The lowest BCUT2D eigenvalue weighted by Crippen LogP contribution is -2.40.